The summed E-state index contributed by atoms with van der Waals surface area (Å²) in [5, 5.41) is 3.94. The van der Waals surface area contributed by atoms with Crippen LogP contribution in [0.25, 0.3) is 21.3 Å². The zero-order chi connectivity index (χ0) is 23.5. The van der Waals surface area contributed by atoms with E-state index in [4.69, 9.17) is 4.98 Å². The van der Waals surface area contributed by atoms with Gasteiger partial charge in [-0.1, -0.05) is 29.5 Å². The topological polar surface area (TPSA) is 48.5 Å². The van der Waals surface area contributed by atoms with Gasteiger partial charge in [-0.15, -0.1) is 0 Å². The molecule has 7 heteroatoms. The van der Waals surface area contributed by atoms with Gasteiger partial charge in [-0.2, -0.15) is 0 Å². The number of rotatable bonds is 7. The highest BCUT2D eigenvalue weighted by molar-refractivity contribution is 7.22. The van der Waals surface area contributed by atoms with E-state index in [1.54, 1.807) is 29.5 Å². The Labute approximate surface area is 197 Å². The number of carbonyl (C=O) groups excluding carboxylic acids is 1. The molecule has 0 bridgehead atoms. The van der Waals surface area contributed by atoms with Crippen molar-refractivity contribution in [3.05, 3.63) is 77.6 Å². The van der Waals surface area contributed by atoms with Crippen molar-refractivity contribution in [3.8, 4) is 11.1 Å². The molecule has 1 amide bonds. The monoisotopic (exact) mass is 462 g/mol. The molecule has 0 aliphatic rings. The fourth-order valence-electron chi connectivity index (χ4n) is 3.55. The Balaban J connectivity index is 1.47. The Hall–Kier alpha value is -3.29. The van der Waals surface area contributed by atoms with Crippen LogP contribution < -0.4 is 10.2 Å². The van der Waals surface area contributed by atoms with Crippen LogP contribution in [0.5, 0.6) is 0 Å². The second kappa shape index (κ2) is 9.68. The molecule has 0 fully saturated rings. The van der Waals surface area contributed by atoms with E-state index in [-0.39, 0.29) is 11.7 Å². The third kappa shape index (κ3) is 5.38. The lowest BCUT2D eigenvalue weighted by molar-refractivity contribution is 0.102. The summed E-state index contributed by atoms with van der Waals surface area (Å²) in [6.07, 6.45) is 0. The molecule has 5 nitrogen and oxygen atoms in total. The molecule has 0 aliphatic heterocycles. The van der Waals surface area contributed by atoms with Crippen LogP contribution in [0.15, 0.2) is 60.7 Å². The number of fused-ring (bicyclic) bond motifs is 1. The zero-order valence-electron chi connectivity index (χ0n) is 19.2. The van der Waals surface area contributed by atoms with Crippen molar-refractivity contribution in [3.63, 3.8) is 0 Å². The third-order valence-corrected chi connectivity index (χ3v) is 6.62. The summed E-state index contributed by atoms with van der Waals surface area (Å²) >= 11 is 1.61. The number of aryl methyl sites for hydroxylation is 1. The number of hydrogen-bond donors (Lipinski definition) is 1. The van der Waals surface area contributed by atoms with Crippen LogP contribution in [0.1, 0.15) is 15.9 Å². The lowest BCUT2D eigenvalue weighted by atomic mass is 9.99. The fourth-order valence-corrected chi connectivity index (χ4v) is 4.55. The number of thiazole rings is 1. The quantitative estimate of drug-likeness (QED) is 0.385. The van der Waals surface area contributed by atoms with Crippen molar-refractivity contribution < 1.29 is 9.18 Å². The normalized spacial score (nSPS) is 11.2. The summed E-state index contributed by atoms with van der Waals surface area (Å²) in [5.41, 5.74) is 4.97. The number of nitrogens with one attached hydrogen (secondary N) is 1. The number of halogens is 1. The third-order valence-electron chi connectivity index (χ3n) is 5.49. The van der Waals surface area contributed by atoms with Crippen LogP contribution in [-0.2, 0) is 0 Å². The summed E-state index contributed by atoms with van der Waals surface area (Å²) in [6, 6.07) is 17.8. The molecule has 170 valence electrons. The Morgan fingerprint density at radius 3 is 2.45 bits per heavy atom. The minimum atomic E-state index is -0.252. The van der Waals surface area contributed by atoms with E-state index in [1.807, 2.05) is 44.3 Å². The molecule has 0 aliphatic carbocycles. The van der Waals surface area contributed by atoms with Crippen LogP contribution >= 0.6 is 11.3 Å². The maximum atomic E-state index is 13.4. The van der Waals surface area contributed by atoms with Gasteiger partial charge in [-0.05, 0) is 80.2 Å². The minimum absolute atomic E-state index is 0.176. The number of amides is 1. The number of nitrogens with zero attached hydrogens (tertiary/aromatic N) is 3. The van der Waals surface area contributed by atoms with E-state index in [1.165, 1.54) is 12.1 Å². The molecule has 33 heavy (non-hydrogen) atoms. The molecule has 4 aromatic rings. The van der Waals surface area contributed by atoms with Crippen molar-refractivity contribution >= 4 is 38.3 Å². The first kappa shape index (κ1) is 22.9. The predicted octanol–water partition coefficient (Wildman–Crippen LogP) is 5.66. The molecule has 0 spiro atoms. The summed E-state index contributed by atoms with van der Waals surface area (Å²) < 4.78 is 14.4. The van der Waals surface area contributed by atoms with Gasteiger partial charge in [0.25, 0.3) is 5.91 Å². The molecule has 0 atom stereocenters. The largest absolute Gasteiger partial charge is 0.350 e. The van der Waals surface area contributed by atoms with Crippen LogP contribution in [0, 0.1) is 12.7 Å². The van der Waals surface area contributed by atoms with Crippen LogP contribution in [-0.4, -0.2) is 50.0 Å². The average molecular weight is 463 g/mol. The SMILES string of the molecule is Cc1cc(F)ccc1-c1ccc(C(=O)Nc2ccc3nc(N(C)CCN(C)C)sc3c2)cc1. The Kier molecular flexibility index (Phi) is 6.72. The molecule has 0 radical (unpaired) electrons. The summed E-state index contributed by atoms with van der Waals surface area (Å²) in [6.45, 7) is 3.72. The van der Waals surface area contributed by atoms with Gasteiger partial charge in [0.2, 0.25) is 0 Å². The van der Waals surface area contributed by atoms with Gasteiger partial charge in [-0.3, -0.25) is 4.79 Å². The summed E-state index contributed by atoms with van der Waals surface area (Å²) in [7, 11) is 6.15. The van der Waals surface area contributed by atoms with E-state index in [9.17, 15) is 9.18 Å². The second-order valence-corrected chi connectivity index (χ2v) is 9.40. The van der Waals surface area contributed by atoms with Crippen molar-refractivity contribution in [2.75, 3.05) is 44.4 Å². The lowest BCUT2D eigenvalue weighted by Gasteiger charge is -2.18. The van der Waals surface area contributed by atoms with E-state index in [0.717, 1.165) is 50.8 Å². The van der Waals surface area contributed by atoms with Gasteiger partial charge in [0.05, 0.1) is 10.2 Å². The summed E-state index contributed by atoms with van der Waals surface area (Å²) in [4.78, 5) is 21.8. The maximum absolute atomic E-state index is 13.4. The van der Waals surface area contributed by atoms with Gasteiger partial charge >= 0.3 is 0 Å². The molecule has 0 unspecified atom stereocenters. The number of carbonyl (C=O) groups is 1. The van der Waals surface area contributed by atoms with E-state index >= 15 is 0 Å². The lowest BCUT2D eigenvalue weighted by Crippen LogP contribution is -2.28. The number of aromatic nitrogens is 1. The highest BCUT2D eigenvalue weighted by Crippen LogP contribution is 2.30. The molecule has 0 saturated heterocycles. The van der Waals surface area contributed by atoms with Crippen molar-refractivity contribution in [1.29, 1.82) is 0 Å². The Morgan fingerprint density at radius 1 is 1.00 bits per heavy atom. The number of anilines is 2. The van der Waals surface area contributed by atoms with Crippen LogP contribution in [0.2, 0.25) is 0 Å². The zero-order valence-corrected chi connectivity index (χ0v) is 20.0. The highest BCUT2D eigenvalue weighted by Gasteiger charge is 2.12. The number of hydrogen-bond acceptors (Lipinski definition) is 5. The van der Waals surface area contributed by atoms with Crippen molar-refractivity contribution in [1.82, 2.24) is 9.88 Å². The van der Waals surface area contributed by atoms with Gasteiger partial charge in [0.1, 0.15) is 5.82 Å². The van der Waals surface area contributed by atoms with Gasteiger partial charge < -0.3 is 15.1 Å². The van der Waals surface area contributed by atoms with E-state index < -0.39 is 0 Å². The highest BCUT2D eigenvalue weighted by atomic mass is 32.1. The predicted molar refractivity (Wildman–Crippen MR) is 136 cm³/mol. The molecule has 1 N–H and O–H groups in total. The number of likely N-dealkylation sites (N-methyl/N-ethyl adjacent to an activating group) is 2. The smallest absolute Gasteiger partial charge is 0.255 e. The van der Waals surface area contributed by atoms with Crippen molar-refractivity contribution in [2.45, 2.75) is 6.92 Å². The molecule has 3 aromatic carbocycles. The first-order valence-corrected chi connectivity index (χ1v) is 11.6. The molecular formula is C26H27FN4OS. The van der Waals surface area contributed by atoms with E-state index in [2.05, 4.69) is 29.2 Å². The Bertz CT molecular complexity index is 1280. The molecule has 4 rings (SSSR count). The second-order valence-electron chi connectivity index (χ2n) is 8.39. The molecular weight excluding hydrogens is 435 g/mol. The molecule has 1 heterocycles. The van der Waals surface area contributed by atoms with Gasteiger partial charge in [0.15, 0.2) is 5.13 Å². The fraction of sp³-hybridized carbons (Fsp3) is 0.231. The minimum Gasteiger partial charge on any atom is -0.350 e. The first-order chi connectivity index (χ1) is 15.8. The average Bonchev–Trinajstić information content (AvgIpc) is 3.21. The maximum Gasteiger partial charge on any atom is 0.255 e. The van der Waals surface area contributed by atoms with Crippen LogP contribution in [0.4, 0.5) is 15.2 Å². The summed E-state index contributed by atoms with van der Waals surface area (Å²) in [5.74, 6) is -0.429. The standard InChI is InChI=1S/C26H27FN4OS/c1-17-15-20(27)9-11-22(17)18-5-7-19(8-6-18)25(32)28-21-10-12-23-24(16-21)33-26(29-23)31(4)14-13-30(2)3/h5-12,15-16H,13-14H2,1-4H3,(H,28,32). The van der Waals surface area contributed by atoms with Gasteiger partial charge in [0, 0.05) is 31.4 Å². The van der Waals surface area contributed by atoms with Gasteiger partial charge in [-0.25, -0.2) is 9.37 Å². The Morgan fingerprint density at radius 2 is 1.76 bits per heavy atom. The number of benzene rings is 3. The first-order valence-electron chi connectivity index (χ1n) is 10.7. The molecule has 0 saturated carbocycles. The van der Waals surface area contributed by atoms with Crippen molar-refractivity contribution in [2.24, 2.45) is 0 Å². The van der Waals surface area contributed by atoms with Crippen LogP contribution in [0.3, 0.4) is 0 Å². The van der Waals surface area contributed by atoms with E-state index in [0.29, 0.717) is 5.56 Å². The molecule has 1 aromatic heterocycles.